The molecule has 3 fully saturated rings. The number of hydrogen-bond acceptors (Lipinski definition) is 11. The molecule has 69 heavy (non-hydrogen) atoms. The van der Waals surface area contributed by atoms with Crippen LogP contribution in [-0.4, -0.2) is 79.1 Å². The summed E-state index contributed by atoms with van der Waals surface area (Å²) in [7, 11) is -3.89. The first-order valence-corrected chi connectivity index (χ1v) is 25.5. The number of pyridine rings is 2. The van der Waals surface area contributed by atoms with Gasteiger partial charge in [-0.2, -0.15) is 10.2 Å². The lowest BCUT2D eigenvalue weighted by Gasteiger charge is -2.35. The number of aryl methyl sites for hydroxylation is 2. The topological polar surface area (TPSA) is 175 Å². The summed E-state index contributed by atoms with van der Waals surface area (Å²) in [5, 5.41) is 10.3. The number of aromatic nitrogens is 8. The van der Waals surface area contributed by atoms with E-state index >= 15 is 0 Å². The zero-order valence-electron chi connectivity index (χ0n) is 37.9. The summed E-state index contributed by atoms with van der Waals surface area (Å²) in [6.07, 6.45) is 16.8. The van der Waals surface area contributed by atoms with Crippen molar-refractivity contribution in [1.29, 1.82) is 0 Å². The molecule has 0 radical (unpaired) electrons. The molecule has 0 amide bonds. The number of rotatable bonds is 8. The predicted octanol–water partition coefficient (Wildman–Crippen LogP) is 9.86. The number of benzene rings is 2. The molecule has 1 spiro atoms. The molecule has 17 heteroatoms. The van der Waals surface area contributed by atoms with Crippen LogP contribution in [0.15, 0.2) is 120 Å². The molecule has 1 saturated heterocycles. The van der Waals surface area contributed by atoms with Gasteiger partial charge in [0.05, 0.1) is 35.4 Å². The molecule has 0 bridgehead atoms. The lowest BCUT2D eigenvalue weighted by atomic mass is 9.81. The molecule has 1 aliphatic heterocycles. The van der Waals surface area contributed by atoms with E-state index in [-0.39, 0.29) is 30.6 Å². The maximum atomic E-state index is 13.6. The number of carbonyl (C=O) groups excluding carboxylic acids is 1. The van der Waals surface area contributed by atoms with E-state index in [4.69, 9.17) is 14.5 Å². The van der Waals surface area contributed by atoms with Gasteiger partial charge in [0.2, 0.25) is 0 Å². The molecule has 7 heterocycles. The van der Waals surface area contributed by atoms with Gasteiger partial charge >= 0.3 is 0 Å². The van der Waals surface area contributed by atoms with Crippen molar-refractivity contribution in [1.82, 2.24) is 37.5 Å². The standard InChI is InChI=1S/C26H28N4O4S.C24H24N4O3S.2CH4/c1-18-23(16-28-29(18)2)24-17-30(35(31,32)21-6-4-3-5-7-21)25-22(24)14-20(15-27-25)19-8-10-26(11-9-19)33-12-13-34-26;1-16-22(14-26-27(16)2)23-15-28(32(30,31)20-6-4-3-5-7-20)24-21(23)12-18(13-25-24)17-8-10-19(29)11-9-17;;/h3-7,14-17,19H,8-13H2,1-2H3;3-7,12-15,17H,8-11H2,1-2H3;2*1H4. The molecular weight excluding hydrogens is 913 g/mol. The van der Waals surface area contributed by atoms with Crippen LogP contribution in [0, 0.1) is 13.8 Å². The lowest BCUT2D eigenvalue weighted by molar-refractivity contribution is -0.178. The molecular formula is C52H60N8O7S2. The summed E-state index contributed by atoms with van der Waals surface area (Å²) < 4.78 is 72.0. The van der Waals surface area contributed by atoms with Crippen LogP contribution in [0.2, 0.25) is 0 Å². The largest absolute Gasteiger partial charge is 0.348 e. The first-order chi connectivity index (χ1) is 32.2. The van der Waals surface area contributed by atoms with E-state index in [1.165, 1.54) is 7.94 Å². The number of carbonyl (C=O) groups is 1. The number of Topliss-reactive ketones (excluding diaryl/α,β-unsaturated/α-hetero) is 1. The van der Waals surface area contributed by atoms with Gasteiger partial charge in [0.1, 0.15) is 5.78 Å². The van der Waals surface area contributed by atoms with Crippen LogP contribution in [0.25, 0.3) is 44.3 Å². The fourth-order valence-corrected chi connectivity index (χ4v) is 12.5. The van der Waals surface area contributed by atoms with E-state index in [0.29, 0.717) is 49.1 Å². The summed E-state index contributed by atoms with van der Waals surface area (Å²) in [4.78, 5) is 21.5. The molecule has 3 aliphatic rings. The van der Waals surface area contributed by atoms with E-state index in [1.807, 2.05) is 40.2 Å². The van der Waals surface area contributed by atoms with Gasteiger partial charge in [0.15, 0.2) is 17.1 Å². The number of hydrogen-bond donors (Lipinski definition) is 0. The first-order valence-electron chi connectivity index (χ1n) is 22.6. The summed E-state index contributed by atoms with van der Waals surface area (Å²) >= 11 is 0. The smallest absolute Gasteiger partial charge is 0.269 e. The highest BCUT2D eigenvalue weighted by molar-refractivity contribution is 7.90. The Bertz CT molecular complexity index is 3370. The van der Waals surface area contributed by atoms with E-state index in [2.05, 4.69) is 21.2 Å². The van der Waals surface area contributed by atoms with Gasteiger partial charge in [-0.15, -0.1) is 0 Å². The Morgan fingerprint density at radius 2 is 0.986 bits per heavy atom. The number of fused-ring (bicyclic) bond motifs is 2. The predicted molar refractivity (Wildman–Crippen MR) is 267 cm³/mol. The molecule has 6 aromatic heterocycles. The van der Waals surface area contributed by atoms with Crippen molar-refractivity contribution in [2.75, 3.05) is 13.2 Å². The Hall–Kier alpha value is -6.27. The van der Waals surface area contributed by atoms with Crippen LogP contribution in [0.1, 0.15) is 101 Å². The van der Waals surface area contributed by atoms with E-state index in [1.54, 1.807) is 101 Å². The van der Waals surface area contributed by atoms with Crippen LogP contribution in [0.3, 0.4) is 0 Å². The van der Waals surface area contributed by atoms with E-state index in [0.717, 1.165) is 94.1 Å². The molecule has 2 aromatic carbocycles. The molecule has 0 unspecified atom stereocenters. The van der Waals surface area contributed by atoms with Crippen molar-refractivity contribution in [3.05, 3.63) is 132 Å². The summed E-state index contributed by atoms with van der Waals surface area (Å²) in [6.45, 7) is 5.27. The Kier molecular flexibility index (Phi) is 13.7. The van der Waals surface area contributed by atoms with Crippen LogP contribution in [0.5, 0.6) is 0 Å². The highest BCUT2D eigenvalue weighted by Gasteiger charge is 2.41. The second kappa shape index (κ2) is 19.3. The van der Waals surface area contributed by atoms with Gasteiger partial charge in [0, 0.05) is 109 Å². The number of ether oxygens (including phenoxy) is 2. The molecule has 0 N–H and O–H groups in total. The van der Waals surface area contributed by atoms with Crippen LogP contribution in [0.4, 0.5) is 0 Å². The fraction of sp³-hybridized carbons (Fsp3) is 0.365. The van der Waals surface area contributed by atoms with Crippen molar-refractivity contribution < 1.29 is 31.1 Å². The third-order valence-corrected chi connectivity index (χ3v) is 17.3. The molecule has 0 atom stereocenters. The minimum atomic E-state index is -3.82. The quantitative estimate of drug-likeness (QED) is 0.142. The van der Waals surface area contributed by atoms with Crippen LogP contribution >= 0.6 is 0 Å². The zero-order valence-corrected chi connectivity index (χ0v) is 39.5. The van der Waals surface area contributed by atoms with Crippen LogP contribution in [-0.2, 0) is 48.4 Å². The van der Waals surface area contributed by atoms with Gasteiger partial charge in [-0.3, -0.25) is 14.2 Å². The van der Waals surface area contributed by atoms with Gasteiger partial charge in [0.25, 0.3) is 20.0 Å². The van der Waals surface area contributed by atoms with E-state index in [9.17, 15) is 21.6 Å². The zero-order chi connectivity index (χ0) is 46.7. The first kappa shape index (κ1) is 49.2. The number of nitrogens with zero attached hydrogens (tertiary/aromatic N) is 8. The SMILES string of the molecule is C.C.Cc1c(-c2cn(S(=O)(=O)c3ccccc3)c3ncc(C4CCC(=O)CC4)cc23)cnn1C.Cc1c(-c2cn(S(=O)(=O)c3ccccc3)c3ncc(C4CCC5(CC4)OCCO5)cc23)cnn1C. The molecule has 2 aliphatic carbocycles. The third-order valence-electron chi connectivity index (χ3n) is 14.0. The maximum Gasteiger partial charge on any atom is 0.269 e. The fourth-order valence-electron chi connectivity index (χ4n) is 9.82. The molecule has 2 saturated carbocycles. The summed E-state index contributed by atoms with van der Waals surface area (Å²) in [5.74, 6) is 0.463. The minimum absolute atomic E-state index is 0. The average Bonchev–Trinajstić information content (AvgIpc) is 4.19. The second-order valence-electron chi connectivity index (χ2n) is 17.8. The Labute approximate surface area is 404 Å². The minimum Gasteiger partial charge on any atom is -0.348 e. The Morgan fingerprint density at radius 1 is 0.580 bits per heavy atom. The summed E-state index contributed by atoms with van der Waals surface area (Å²) in [5.41, 5.74) is 8.24. The van der Waals surface area contributed by atoms with Crippen molar-refractivity contribution in [3.63, 3.8) is 0 Å². The molecule has 11 rings (SSSR count). The third kappa shape index (κ3) is 8.97. The normalized spacial score (nSPS) is 16.6. The average molecular weight is 973 g/mol. The monoisotopic (exact) mass is 972 g/mol. The van der Waals surface area contributed by atoms with Gasteiger partial charge in [-0.05, 0) is 98.9 Å². The van der Waals surface area contributed by atoms with Crippen molar-refractivity contribution in [2.45, 2.75) is 107 Å². The van der Waals surface area contributed by atoms with Crippen molar-refractivity contribution in [2.24, 2.45) is 14.1 Å². The van der Waals surface area contributed by atoms with Gasteiger partial charge in [-0.25, -0.2) is 34.7 Å². The Balaban J connectivity index is 0.000000182. The van der Waals surface area contributed by atoms with Gasteiger partial charge < -0.3 is 9.47 Å². The maximum absolute atomic E-state index is 13.6. The second-order valence-corrected chi connectivity index (χ2v) is 21.5. The highest BCUT2D eigenvalue weighted by Crippen LogP contribution is 2.44. The van der Waals surface area contributed by atoms with Gasteiger partial charge in [-0.1, -0.05) is 51.3 Å². The highest BCUT2D eigenvalue weighted by atomic mass is 32.2. The summed E-state index contributed by atoms with van der Waals surface area (Å²) in [6, 6.07) is 21.0. The number of ketones is 1. The molecule has 15 nitrogen and oxygen atoms in total. The lowest BCUT2D eigenvalue weighted by Crippen LogP contribution is -2.34. The molecule has 8 aromatic rings. The van der Waals surface area contributed by atoms with E-state index < -0.39 is 25.8 Å². The molecule has 362 valence electrons. The Morgan fingerprint density at radius 3 is 1.38 bits per heavy atom. The van der Waals surface area contributed by atoms with Crippen molar-refractivity contribution >= 4 is 47.9 Å². The van der Waals surface area contributed by atoms with Crippen LogP contribution < -0.4 is 0 Å². The van der Waals surface area contributed by atoms with Crippen molar-refractivity contribution in [3.8, 4) is 22.3 Å².